The van der Waals surface area contributed by atoms with Crippen LogP contribution in [-0.2, 0) is 22.4 Å². The molecule has 202 valence electrons. The van der Waals surface area contributed by atoms with Gasteiger partial charge in [0.1, 0.15) is 9.75 Å². The van der Waals surface area contributed by atoms with Gasteiger partial charge in [0.15, 0.2) is 0 Å². The Labute approximate surface area is 242 Å². The lowest BCUT2D eigenvalue weighted by Crippen LogP contribution is -1.99. The first-order valence-electron chi connectivity index (χ1n) is 11.6. The molecular formula is C28H18O8S4. The zero-order valence-corrected chi connectivity index (χ0v) is 23.5. The number of aromatic carboxylic acids is 2. The lowest BCUT2D eigenvalue weighted by molar-refractivity contribution is -0.137. The summed E-state index contributed by atoms with van der Waals surface area (Å²) in [5.41, 5.74) is 2.92. The van der Waals surface area contributed by atoms with Crippen molar-refractivity contribution in [3.05, 3.63) is 81.5 Å². The Morgan fingerprint density at radius 3 is 1.18 bits per heavy atom. The normalized spacial score (nSPS) is 11.0. The molecule has 1 aromatic carbocycles. The van der Waals surface area contributed by atoms with Crippen LogP contribution >= 0.6 is 45.3 Å². The fourth-order valence-electron chi connectivity index (χ4n) is 4.10. The first-order chi connectivity index (χ1) is 19.1. The summed E-state index contributed by atoms with van der Waals surface area (Å²) in [6, 6.07) is 17.6. The fourth-order valence-corrected chi connectivity index (χ4v) is 8.45. The molecule has 0 saturated carbocycles. The first-order valence-corrected chi connectivity index (χ1v) is 14.8. The lowest BCUT2D eigenvalue weighted by Gasteiger charge is -2.01. The molecule has 0 unspecified atom stereocenters. The highest BCUT2D eigenvalue weighted by Crippen LogP contribution is 2.44. The molecule has 0 radical (unpaired) electrons. The molecule has 5 aromatic rings. The van der Waals surface area contributed by atoms with Gasteiger partial charge in [0, 0.05) is 29.3 Å². The number of rotatable bonds is 10. The molecule has 12 heteroatoms. The summed E-state index contributed by atoms with van der Waals surface area (Å²) in [6.07, 6.45) is -0.387. The van der Waals surface area contributed by atoms with Crippen LogP contribution in [0.4, 0.5) is 0 Å². The van der Waals surface area contributed by atoms with Gasteiger partial charge in [0.25, 0.3) is 0 Å². The van der Waals surface area contributed by atoms with E-state index in [4.69, 9.17) is 0 Å². The second kappa shape index (κ2) is 11.2. The van der Waals surface area contributed by atoms with Gasteiger partial charge < -0.3 is 20.4 Å². The standard InChI is InChI=1S/C28H18O8S4/c29-23(30)11-15-9-21(39-25(15)17-5-7-19(37-17)27(33)34)13-1-2-14(4-3-13)22-10-16(12-24(31)32)26(40-22)18-6-8-20(38-18)28(35)36/h1-10H,11-12H2,(H,29,30)(H,31,32)(H,33,34)(H,35,36). The van der Waals surface area contributed by atoms with Crippen LogP contribution in [0.15, 0.2) is 60.7 Å². The molecule has 0 atom stereocenters. The minimum Gasteiger partial charge on any atom is -0.481 e. The highest BCUT2D eigenvalue weighted by molar-refractivity contribution is 7.25. The number of aliphatic carboxylic acids is 2. The number of thiophene rings is 4. The Bertz CT molecular complexity index is 1640. The molecule has 4 heterocycles. The average molecular weight is 611 g/mol. The van der Waals surface area contributed by atoms with E-state index in [1.807, 2.05) is 36.4 Å². The van der Waals surface area contributed by atoms with Crippen molar-refractivity contribution in [2.75, 3.05) is 0 Å². The molecule has 5 rings (SSSR count). The van der Waals surface area contributed by atoms with Crippen molar-refractivity contribution in [1.29, 1.82) is 0 Å². The van der Waals surface area contributed by atoms with Crippen LogP contribution in [0.3, 0.4) is 0 Å². The molecule has 0 fully saturated rings. The van der Waals surface area contributed by atoms with Gasteiger partial charge in [-0.1, -0.05) is 24.3 Å². The van der Waals surface area contributed by atoms with Crippen molar-refractivity contribution in [1.82, 2.24) is 0 Å². The van der Waals surface area contributed by atoms with Crippen LogP contribution in [0, 0.1) is 0 Å². The predicted octanol–water partition coefficient (Wildman–Crippen LogP) is 7.25. The van der Waals surface area contributed by atoms with Crippen molar-refractivity contribution >= 4 is 69.2 Å². The fraction of sp³-hybridized carbons (Fsp3) is 0.0714. The first kappa shape index (κ1) is 27.5. The number of carboxylic acids is 4. The molecule has 0 saturated heterocycles. The summed E-state index contributed by atoms with van der Waals surface area (Å²) in [4.78, 5) is 50.5. The predicted molar refractivity (Wildman–Crippen MR) is 156 cm³/mol. The van der Waals surface area contributed by atoms with E-state index in [-0.39, 0.29) is 22.6 Å². The zero-order valence-electron chi connectivity index (χ0n) is 20.2. The van der Waals surface area contributed by atoms with Gasteiger partial charge in [-0.2, -0.15) is 0 Å². The van der Waals surface area contributed by atoms with Crippen molar-refractivity contribution in [2.45, 2.75) is 12.8 Å². The third-order valence-corrected chi connectivity index (χ3v) is 10.8. The maximum Gasteiger partial charge on any atom is 0.345 e. The SMILES string of the molecule is O=C(O)Cc1cc(-c2ccc(-c3cc(CC(=O)O)c(-c4ccc(C(=O)O)s4)s3)cc2)sc1-c1ccc(C(=O)O)s1. The molecule has 0 amide bonds. The zero-order chi connectivity index (χ0) is 28.6. The second-order valence-electron chi connectivity index (χ2n) is 8.59. The van der Waals surface area contributed by atoms with E-state index in [0.29, 0.717) is 20.9 Å². The summed E-state index contributed by atoms with van der Waals surface area (Å²) in [5, 5.41) is 37.4. The summed E-state index contributed by atoms with van der Waals surface area (Å²) >= 11 is 4.99. The quantitative estimate of drug-likeness (QED) is 0.129. The van der Waals surface area contributed by atoms with E-state index in [1.54, 1.807) is 12.1 Å². The number of carbonyl (C=O) groups is 4. The summed E-state index contributed by atoms with van der Waals surface area (Å²) in [7, 11) is 0. The van der Waals surface area contributed by atoms with Crippen LogP contribution < -0.4 is 0 Å². The van der Waals surface area contributed by atoms with E-state index >= 15 is 0 Å². The van der Waals surface area contributed by atoms with E-state index < -0.39 is 23.9 Å². The summed E-state index contributed by atoms with van der Waals surface area (Å²) < 4.78 is 0. The molecule has 0 aliphatic rings. The van der Waals surface area contributed by atoms with Crippen LogP contribution in [0.1, 0.15) is 30.5 Å². The number of hydrogen-bond donors (Lipinski definition) is 4. The molecular weight excluding hydrogens is 593 g/mol. The lowest BCUT2D eigenvalue weighted by atomic mass is 10.1. The number of benzene rings is 1. The average Bonchev–Trinajstić information content (AvgIpc) is 3.68. The third kappa shape index (κ3) is 5.75. The highest BCUT2D eigenvalue weighted by Gasteiger charge is 2.20. The maximum atomic E-state index is 11.5. The van der Waals surface area contributed by atoms with Crippen LogP contribution in [0.5, 0.6) is 0 Å². The Kier molecular flexibility index (Phi) is 7.68. The Morgan fingerprint density at radius 1 is 0.500 bits per heavy atom. The van der Waals surface area contributed by atoms with Gasteiger partial charge in [-0.15, -0.1) is 45.3 Å². The topological polar surface area (TPSA) is 149 Å². The Morgan fingerprint density at radius 2 is 0.875 bits per heavy atom. The molecule has 8 nitrogen and oxygen atoms in total. The highest BCUT2D eigenvalue weighted by atomic mass is 32.1. The van der Waals surface area contributed by atoms with E-state index in [2.05, 4.69) is 0 Å². The van der Waals surface area contributed by atoms with E-state index in [0.717, 1.165) is 53.3 Å². The van der Waals surface area contributed by atoms with Gasteiger partial charge in [0.2, 0.25) is 0 Å². The Hall–Kier alpha value is -4.10. The van der Waals surface area contributed by atoms with Crippen molar-refractivity contribution < 1.29 is 39.6 Å². The van der Waals surface area contributed by atoms with Gasteiger partial charge >= 0.3 is 23.9 Å². The van der Waals surface area contributed by atoms with Crippen LogP contribution in [0.25, 0.3) is 40.4 Å². The van der Waals surface area contributed by atoms with Gasteiger partial charge in [0.05, 0.1) is 12.8 Å². The van der Waals surface area contributed by atoms with E-state index in [9.17, 15) is 39.6 Å². The van der Waals surface area contributed by atoms with E-state index in [1.165, 1.54) is 34.8 Å². The number of carboxylic acid groups (broad SMARTS) is 4. The molecule has 0 aliphatic carbocycles. The van der Waals surface area contributed by atoms with Crippen LogP contribution in [0.2, 0.25) is 0 Å². The molecule has 0 bridgehead atoms. The Balaban J connectivity index is 1.48. The minimum absolute atomic E-state index is 0.176. The van der Waals surface area contributed by atoms with Crippen molar-refractivity contribution in [3.63, 3.8) is 0 Å². The molecule has 0 spiro atoms. The smallest absolute Gasteiger partial charge is 0.345 e. The van der Waals surface area contributed by atoms with Crippen molar-refractivity contribution in [3.8, 4) is 40.4 Å². The molecule has 4 N–H and O–H groups in total. The molecule has 4 aromatic heterocycles. The van der Waals surface area contributed by atoms with Gasteiger partial charge in [-0.25, -0.2) is 9.59 Å². The summed E-state index contributed by atoms with van der Waals surface area (Å²) in [6.45, 7) is 0. The third-order valence-electron chi connectivity index (χ3n) is 5.84. The van der Waals surface area contributed by atoms with Crippen LogP contribution in [-0.4, -0.2) is 44.3 Å². The number of hydrogen-bond acceptors (Lipinski definition) is 8. The minimum atomic E-state index is -1.03. The summed E-state index contributed by atoms with van der Waals surface area (Å²) in [5.74, 6) is -4.04. The monoisotopic (exact) mass is 610 g/mol. The van der Waals surface area contributed by atoms with Crippen molar-refractivity contribution in [2.24, 2.45) is 0 Å². The maximum absolute atomic E-state index is 11.5. The second-order valence-corrected chi connectivity index (χ2v) is 12.9. The van der Waals surface area contributed by atoms with Gasteiger partial charge in [-0.3, -0.25) is 9.59 Å². The molecule has 40 heavy (non-hydrogen) atoms. The largest absolute Gasteiger partial charge is 0.481 e. The van der Waals surface area contributed by atoms with Gasteiger partial charge in [-0.05, 0) is 58.7 Å². The molecule has 0 aliphatic heterocycles.